The molecule has 0 heterocycles. The molecule has 0 aliphatic rings. The van der Waals surface area contributed by atoms with Crippen LogP contribution < -0.4 is 0 Å². The largest absolute Gasteiger partial charge is 0.481 e. The molecule has 0 rings (SSSR count). The lowest BCUT2D eigenvalue weighted by Crippen LogP contribution is -1.95. The summed E-state index contributed by atoms with van der Waals surface area (Å²) in [5, 5.41) is 26.1. The first-order valence-electron chi connectivity index (χ1n) is 9.16. The van der Waals surface area contributed by atoms with Crippen LogP contribution in [0.25, 0.3) is 0 Å². The summed E-state index contributed by atoms with van der Waals surface area (Å²) in [6, 6.07) is 0. The van der Waals surface area contributed by atoms with E-state index in [1.807, 2.05) is 30.4 Å². The third-order valence-corrected chi connectivity index (χ3v) is 3.63. The van der Waals surface area contributed by atoms with E-state index < -0.39 is 5.97 Å². The zero-order valence-electron chi connectivity index (χ0n) is 15.6. The quantitative estimate of drug-likeness (QED) is 0.104. The van der Waals surface area contributed by atoms with Crippen molar-refractivity contribution < 1.29 is 30.2 Å². The van der Waals surface area contributed by atoms with Gasteiger partial charge in [0.25, 0.3) is 0 Å². The molecule has 0 aromatic rings. The minimum Gasteiger partial charge on any atom is -0.481 e. The molecule has 0 saturated heterocycles. The molecule has 0 aliphatic heterocycles. The number of aliphatic carboxylic acids is 1. The first-order chi connectivity index (χ1) is 12.6. The van der Waals surface area contributed by atoms with E-state index in [2.05, 4.69) is 16.7 Å². The van der Waals surface area contributed by atoms with Gasteiger partial charge in [0.15, 0.2) is 0 Å². The maximum absolute atomic E-state index is 10.4. The fourth-order valence-corrected chi connectivity index (χ4v) is 2.18. The Balaban J connectivity index is 4.00. The molecule has 0 unspecified atom stereocenters. The van der Waals surface area contributed by atoms with E-state index in [1.54, 1.807) is 6.08 Å². The lowest BCUT2D eigenvalue weighted by atomic mass is 10.1. The van der Waals surface area contributed by atoms with Crippen molar-refractivity contribution in [3.05, 3.63) is 48.0 Å². The van der Waals surface area contributed by atoms with Gasteiger partial charge in [-0.2, -0.15) is 0 Å². The highest BCUT2D eigenvalue weighted by molar-refractivity contribution is 5.66. The first kappa shape index (κ1) is 23.9. The molecular formula is C20H32O6. The van der Waals surface area contributed by atoms with Gasteiger partial charge in [0.1, 0.15) is 11.5 Å². The molecule has 0 radical (unpaired) electrons. The Bertz CT molecular complexity index is 477. The van der Waals surface area contributed by atoms with E-state index >= 15 is 0 Å². The van der Waals surface area contributed by atoms with Crippen molar-refractivity contribution in [2.75, 3.05) is 0 Å². The molecule has 6 heteroatoms. The third kappa shape index (κ3) is 15.5. The molecule has 0 amide bonds. The molecule has 0 aliphatic carbocycles. The van der Waals surface area contributed by atoms with Crippen molar-refractivity contribution >= 4 is 5.97 Å². The van der Waals surface area contributed by atoms with Gasteiger partial charge < -0.3 is 14.9 Å². The van der Waals surface area contributed by atoms with Gasteiger partial charge in [-0.25, -0.2) is 10.5 Å². The summed E-state index contributed by atoms with van der Waals surface area (Å²) >= 11 is 0. The number of carboxylic acid groups (broad SMARTS) is 1. The van der Waals surface area contributed by atoms with Crippen LogP contribution in [0.2, 0.25) is 0 Å². The molecule has 0 fully saturated rings. The second kappa shape index (κ2) is 17.8. The van der Waals surface area contributed by atoms with Crippen LogP contribution in [0.15, 0.2) is 48.0 Å². The minimum atomic E-state index is -0.862. The number of unbranched alkanes of at least 4 members (excludes halogenated alkanes) is 3. The monoisotopic (exact) mass is 368 g/mol. The Morgan fingerprint density at radius 1 is 0.846 bits per heavy atom. The molecular weight excluding hydrogens is 336 g/mol. The van der Waals surface area contributed by atoms with Gasteiger partial charge in [0.2, 0.25) is 0 Å². The normalized spacial score (nSPS) is 12.9. The number of rotatable bonds is 16. The van der Waals surface area contributed by atoms with Crippen molar-refractivity contribution in [1.82, 2.24) is 0 Å². The summed E-state index contributed by atoms with van der Waals surface area (Å²) in [6.45, 7) is 2.15. The molecule has 3 N–H and O–H groups in total. The van der Waals surface area contributed by atoms with Crippen molar-refractivity contribution in [3.8, 4) is 0 Å². The molecule has 6 nitrogen and oxygen atoms in total. The maximum atomic E-state index is 10.4. The van der Waals surface area contributed by atoms with E-state index in [0.29, 0.717) is 37.2 Å². The molecule has 0 saturated carbocycles. The van der Waals surface area contributed by atoms with Crippen LogP contribution in [-0.4, -0.2) is 21.6 Å². The van der Waals surface area contributed by atoms with Crippen LogP contribution in [-0.2, 0) is 14.6 Å². The highest BCUT2D eigenvalue weighted by atomic mass is 17.1. The van der Waals surface area contributed by atoms with E-state index in [9.17, 15) is 4.79 Å². The topological polar surface area (TPSA) is 96.2 Å². The Hall–Kier alpha value is -2.05. The highest BCUT2D eigenvalue weighted by Crippen LogP contribution is 2.10. The standard InChI is InChI=1S/C20H32O6/c1-2-3-4-9-13-18(25-23)14-10-7-5-6-8-11-15-19(26-24)16-12-17-20(21)22/h6-8,10,13,15,23-24H,2-5,9,11-12,14,16-17H2,1H3,(H,21,22)/b8-6-,10-7-,18-13+,19-15+. The van der Waals surface area contributed by atoms with Gasteiger partial charge in [-0.15, -0.1) is 0 Å². The predicted octanol–water partition coefficient (Wildman–Crippen LogP) is 5.85. The number of allylic oxidation sites excluding steroid dienone is 7. The summed E-state index contributed by atoms with van der Waals surface area (Å²) in [4.78, 5) is 19.0. The van der Waals surface area contributed by atoms with E-state index in [1.165, 1.54) is 12.8 Å². The zero-order valence-corrected chi connectivity index (χ0v) is 15.6. The van der Waals surface area contributed by atoms with Crippen LogP contribution in [0, 0.1) is 0 Å². The summed E-state index contributed by atoms with van der Waals surface area (Å²) in [6.07, 6.45) is 18.6. The van der Waals surface area contributed by atoms with Gasteiger partial charge in [-0.1, -0.05) is 44.1 Å². The third-order valence-electron chi connectivity index (χ3n) is 3.63. The van der Waals surface area contributed by atoms with Crippen molar-refractivity contribution in [1.29, 1.82) is 0 Å². The Morgan fingerprint density at radius 3 is 2.19 bits per heavy atom. The second-order valence-corrected chi connectivity index (χ2v) is 5.88. The Kier molecular flexibility index (Phi) is 16.4. The average Bonchev–Trinajstić information content (AvgIpc) is 2.63. The Labute approximate surface area is 156 Å². The lowest BCUT2D eigenvalue weighted by molar-refractivity contribution is -0.206. The SMILES string of the molecule is CCCCC/C=C(\C/C=C\C/C=C\C/C=C(\CCCC(=O)O)OO)OO. The minimum absolute atomic E-state index is 0.0495. The van der Waals surface area contributed by atoms with Crippen LogP contribution >= 0.6 is 0 Å². The van der Waals surface area contributed by atoms with Crippen LogP contribution in [0.1, 0.15) is 71.1 Å². The van der Waals surface area contributed by atoms with Gasteiger partial charge in [-0.3, -0.25) is 4.79 Å². The summed E-state index contributed by atoms with van der Waals surface area (Å²) in [5.74, 6) is 0.0827. The molecule has 0 aromatic carbocycles. The van der Waals surface area contributed by atoms with Crippen molar-refractivity contribution in [3.63, 3.8) is 0 Å². The summed E-state index contributed by atoms with van der Waals surface area (Å²) in [5.41, 5.74) is 0. The number of carbonyl (C=O) groups is 1. The zero-order chi connectivity index (χ0) is 19.5. The number of carboxylic acids is 1. The van der Waals surface area contributed by atoms with E-state index in [0.717, 1.165) is 19.3 Å². The van der Waals surface area contributed by atoms with Gasteiger partial charge in [-0.05, 0) is 44.3 Å². The predicted molar refractivity (Wildman–Crippen MR) is 101 cm³/mol. The van der Waals surface area contributed by atoms with Crippen LogP contribution in [0.4, 0.5) is 0 Å². The van der Waals surface area contributed by atoms with Crippen LogP contribution in [0.3, 0.4) is 0 Å². The van der Waals surface area contributed by atoms with Gasteiger partial charge in [0.05, 0.1) is 0 Å². The highest BCUT2D eigenvalue weighted by Gasteiger charge is 2.01. The maximum Gasteiger partial charge on any atom is 0.303 e. The fourth-order valence-electron chi connectivity index (χ4n) is 2.18. The molecule has 0 spiro atoms. The second-order valence-electron chi connectivity index (χ2n) is 5.88. The van der Waals surface area contributed by atoms with Crippen molar-refractivity contribution in [2.24, 2.45) is 0 Å². The number of hydrogen-bond acceptors (Lipinski definition) is 5. The molecule has 148 valence electrons. The van der Waals surface area contributed by atoms with Gasteiger partial charge >= 0.3 is 5.97 Å². The Morgan fingerprint density at radius 2 is 1.54 bits per heavy atom. The smallest absolute Gasteiger partial charge is 0.303 e. The molecule has 0 bridgehead atoms. The molecule has 0 aromatic heterocycles. The summed E-state index contributed by atoms with van der Waals surface area (Å²) < 4.78 is 0. The van der Waals surface area contributed by atoms with Crippen LogP contribution in [0.5, 0.6) is 0 Å². The average molecular weight is 368 g/mol. The summed E-state index contributed by atoms with van der Waals surface area (Å²) in [7, 11) is 0. The first-order valence-corrected chi connectivity index (χ1v) is 9.16. The van der Waals surface area contributed by atoms with E-state index in [4.69, 9.17) is 15.6 Å². The molecule has 0 atom stereocenters. The lowest BCUT2D eigenvalue weighted by Gasteiger charge is -2.01. The van der Waals surface area contributed by atoms with E-state index in [-0.39, 0.29) is 6.42 Å². The fraction of sp³-hybridized carbons (Fsp3) is 0.550. The van der Waals surface area contributed by atoms with Gasteiger partial charge in [0, 0.05) is 19.3 Å². The number of hydrogen-bond donors (Lipinski definition) is 3. The van der Waals surface area contributed by atoms with Crippen molar-refractivity contribution in [2.45, 2.75) is 71.1 Å². The molecule has 26 heavy (non-hydrogen) atoms.